The third-order valence-corrected chi connectivity index (χ3v) is 8.17. The summed E-state index contributed by atoms with van der Waals surface area (Å²) in [5.41, 5.74) is 3.04. The first-order chi connectivity index (χ1) is 12.3. The minimum absolute atomic E-state index is 0.115. The van der Waals surface area contributed by atoms with E-state index in [1.54, 1.807) is 6.07 Å². The fourth-order valence-corrected chi connectivity index (χ4v) is 6.08. The van der Waals surface area contributed by atoms with E-state index in [-0.39, 0.29) is 18.4 Å². The van der Waals surface area contributed by atoms with Gasteiger partial charge in [-0.15, -0.1) is 11.3 Å². The van der Waals surface area contributed by atoms with Gasteiger partial charge in [-0.2, -0.15) is 4.31 Å². The van der Waals surface area contributed by atoms with Gasteiger partial charge in [0.2, 0.25) is 5.91 Å². The number of nitrogens with zero attached hydrogens (tertiary/aromatic N) is 1. The molecule has 1 atom stereocenters. The average molecular weight is 393 g/mol. The van der Waals surface area contributed by atoms with Gasteiger partial charge >= 0.3 is 0 Å². The molecular weight excluding hydrogens is 368 g/mol. The molecule has 3 rings (SSSR count). The molecule has 1 saturated heterocycles. The lowest BCUT2D eigenvalue weighted by atomic mass is 9.98. The second-order valence-electron chi connectivity index (χ2n) is 6.86. The van der Waals surface area contributed by atoms with Crippen molar-refractivity contribution >= 4 is 33.0 Å². The van der Waals surface area contributed by atoms with Crippen LogP contribution in [0.2, 0.25) is 0 Å². The van der Waals surface area contributed by atoms with E-state index in [1.165, 1.54) is 21.2 Å². The van der Waals surface area contributed by atoms with E-state index in [0.29, 0.717) is 23.6 Å². The molecule has 1 N–H and O–H groups in total. The largest absolute Gasteiger partial charge is 0.326 e. The molecule has 1 fully saturated rings. The summed E-state index contributed by atoms with van der Waals surface area (Å²) in [5, 5.41) is 2.94. The van der Waals surface area contributed by atoms with Crippen LogP contribution in [0.3, 0.4) is 0 Å². The number of hydrogen-bond donors (Lipinski definition) is 1. The molecule has 1 aromatic carbocycles. The van der Waals surface area contributed by atoms with E-state index in [9.17, 15) is 13.2 Å². The van der Waals surface area contributed by atoms with Crippen LogP contribution in [0, 0.1) is 26.7 Å². The van der Waals surface area contributed by atoms with Crippen LogP contribution in [0.4, 0.5) is 5.69 Å². The number of nitrogens with one attached hydrogen (secondary N) is 1. The van der Waals surface area contributed by atoms with Crippen molar-refractivity contribution < 1.29 is 13.2 Å². The van der Waals surface area contributed by atoms with E-state index in [0.717, 1.165) is 16.1 Å². The highest BCUT2D eigenvalue weighted by atomic mass is 32.2. The normalized spacial score (nSPS) is 18.7. The predicted octanol–water partition coefficient (Wildman–Crippen LogP) is 3.71. The number of benzene rings is 1. The highest BCUT2D eigenvalue weighted by Crippen LogP contribution is 2.28. The number of carbonyl (C=O) groups is 1. The molecule has 0 radical (unpaired) electrons. The summed E-state index contributed by atoms with van der Waals surface area (Å²) in [4.78, 5) is 13.6. The van der Waals surface area contributed by atoms with Crippen LogP contribution in [0.15, 0.2) is 34.5 Å². The lowest BCUT2D eigenvalue weighted by Crippen LogP contribution is -2.43. The van der Waals surface area contributed by atoms with Crippen molar-refractivity contribution in [2.45, 2.75) is 37.8 Å². The maximum absolute atomic E-state index is 12.8. The minimum atomic E-state index is -3.52. The van der Waals surface area contributed by atoms with Crippen LogP contribution in [0.1, 0.15) is 28.8 Å². The number of hydrogen-bond acceptors (Lipinski definition) is 4. The van der Waals surface area contributed by atoms with Crippen LogP contribution in [0.5, 0.6) is 0 Å². The van der Waals surface area contributed by atoms with E-state index in [1.807, 2.05) is 45.0 Å². The number of rotatable bonds is 4. The maximum atomic E-state index is 12.8. The Morgan fingerprint density at radius 1 is 1.15 bits per heavy atom. The van der Waals surface area contributed by atoms with E-state index in [2.05, 4.69) is 5.32 Å². The zero-order chi connectivity index (χ0) is 18.9. The molecule has 2 heterocycles. The number of amides is 1. The Hall–Kier alpha value is -1.70. The third-order valence-electron chi connectivity index (χ3n) is 4.84. The molecule has 0 bridgehead atoms. The Bertz CT molecular complexity index is 919. The lowest BCUT2D eigenvalue weighted by molar-refractivity contribution is -0.120. The van der Waals surface area contributed by atoms with Crippen LogP contribution >= 0.6 is 11.3 Å². The summed E-state index contributed by atoms with van der Waals surface area (Å²) in [6.07, 6.45) is 1.39. The minimum Gasteiger partial charge on any atom is -0.326 e. The summed E-state index contributed by atoms with van der Waals surface area (Å²) in [6.45, 7) is 6.61. The summed E-state index contributed by atoms with van der Waals surface area (Å²) in [6, 6.07) is 9.26. The second kappa shape index (κ2) is 7.50. The van der Waals surface area contributed by atoms with E-state index in [4.69, 9.17) is 0 Å². The van der Waals surface area contributed by atoms with Gasteiger partial charge in [0, 0.05) is 23.7 Å². The Morgan fingerprint density at radius 2 is 1.92 bits per heavy atom. The molecule has 1 aliphatic rings. The number of aryl methyl sites for hydroxylation is 3. The van der Waals surface area contributed by atoms with Gasteiger partial charge in [0.25, 0.3) is 10.0 Å². The number of piperidine rings is 1. The van der Waals surface area contributed by atoms with Gasteiger partial charge in [-0.05, 0) is 69.0 Å². The zero-order valence-electron chi connectivity index (χ0n) is 15.3. The first kappa shape index (κ1) is 19.1. The highest BCUT2D eigenvalue weighted by molar-refractivity contribution is 7.91. The number of thiophene rings is 1. The van der Waals surface area contributed by atoms with E-state index < -0.39 is 10.0 Å². The molecular formula is C19H24N2O3S2. The van der Waals surface area contributed by atoms with Crippen molar-refractivity contribution in [3.8, 4) is 0 Å². The maximum Gasteiger partial charge on any atom is 0.252 e. The number of sulfonamides is 1. The van der Waals surface area contributed by atoms with Crippen molar-refractivity contribution in [3.63, 3.8) is 0 Å². The molecule has 0 unspecified atom stereocenters. The molecule has 1 aliphatic heterocycles. The van der Waals surface area contributed by atoms with Gasteiger partial charge in [-0.3, -0.25) is 4.79 Å². The number of carbonyl (C=O) groups excluding carboxylic acids is 1. The first-order valence-corrected chi connectivity index (χ1v) is 11.0. The van der Waals surface area contributed by atoms with Gasteiger partial charge in [-0.1, -0.05) is 6.07 Å². The highest BCUT2D eigenvalue weighted by Gasteiger charge is 2.34. The SMILES string of the molecule is Cc1ccc(S(=O)(=O)N2CCC[C@@H](C(=O)Nc3ccc(C)c(C)c3)C2)s1. The van der Waals surface area contributed by atoms with Crippen LogP contribution in [-0.4, -0.2) is 31.7 Å². The molecule has 1 amide bonds. The summed E-state index contributed by atoms with van der Waals surface area (Å²) in [7, 11) is -3.52. The average Bonchev–Trinajstić information content (AvgIpc) is 3.05. The summed E-state index contributed by atoms with van der Waals surface area (Å²) in [5.74, 6) is -0.447. The Kier molecular flexibility index (Phi) is 5.50. The van der Waals surface area contributed by atoms with Crippen LogP contribution in [-0.2, 0) is 14.8 Å². The third kappa shape index (κ3) is 4.00. The summed E-state index contributed by atoms with van der Waals surface area (Å²) >= 11 is 1.27. The fraction of sp³-hybridized carbons (Fsp3) is 0.421. The van der Waals surface area contributed by atoms with Gasteiger partial charge in [0.05, 0.1) is 5.92 Å². The Morgan fingerprint density at radius 3 is 2.58 bits per heavy atom. The van der Waals surface area contributed by atoms with Gasteiger partial charge in [0.1, 0.15) is 4.21 Å². The molecule has 140 valence electrons. The van der Waals surface area contributed by atoms with Crippen molar-refractivity contribution in [1.82, 2.24) is 4.31 Å². The zero-order valence-corrected chi connectivity index (χ0v) is 16.9. The van der Waals surface area contributed by atoms with Gasteiger partial charge in [0.15, 0.2) is 0 Å². The monoisotopic (exact) mass is 392 g/mol. The van der Waals surface area contributed by atoms with Crippen molar-refractivity contribution in [2.24, 2.45) is 5.92 Å². The second-order valence-corrected chi connectivity index (χ2v) is 10.3. The standard InChI is InChI=1S/C19H24N2O3S2/c1-13-6-8-17(11-14(13)2)20-19(22)16-5-4-10-21(12-16)26(23,24)18-9-7-15(3)25-18/h6-9,11,16H,4-5,10,12H2,1-3H3,(H,20,22)/t16-/m1/s1. The molecule has 2 aromatic rings. The summed E-state index contributed by atoms with van der Waals surface area (Å²) < 4.78 is 27.4. The molecule has 26 heavy (non-hydrogen) atoms. The first-order valence-electron chi connectivity index (χ1n) is 8.72. The van der Waals surface area contributed by atoms with Gasteiger partial charge in [-0.25, -0.2) is 8.42 Å². The molecule has 0 spiro atoms. The predicted molar refractivity (Wildman–Crippen MR) is 105 cm³/mol. The Balaban J connectivity index is 1.71. The Labute approximate surface area is 159 Å². The van der Waals surface area contributed by atoms with Crippen molar-refractivity contribution in [3.05, 3.63) is 46.3 Å². The smallest absolute Gasteiger partial charge is 0.252 e. The fourth-order valence-electron chi connectivity index (χ4n) is 3.12. The lowest BCUT2D eigenvalue weighted by Gasteiger charge is -2.30. The topological polar surface area (TPSA) is 66.5 Å². The van der Waals surface area contributed by atoms with Crippen molar-refractivity contribution in [2.75, 3.05) is 18.4 Å². The molecule has 0 saturated carbocycles. The van der Waals surface area contributed by atoms with E-state index >= 15 is 0 Å². The van der Waals surface area contributed by atoms with Crippen LogP contribution < -0.4 is 5.32 Å². The molecule has 7 heteroatoms. The van der Waals surface area contributed by atoms with Crippen LogP contribution in [0.25, 0.3) is 0 Å². The number of anilines is 1. The molecule has 0 aliphatic carbocycles. The van der Waals surface area contributed by atoms with Gasteiger partial charge < -0.3 is 5.32 Å². The quantitative estimate of drug-likeness (QED) is 0.862. The molecule has 5 nitrogen and oxygen atoms in total. The molecule has 1 aromatic heterocycles. The van der Waals surface area contributed by atoms with Crippen molar-refractivity contribution in [1.29, 1.82) is 0 Å².